The topological polar surface area (TPSA) is 37.4 Å². The van der Waals surface area contributed by atoms with Gasteiger partial charge in [-0.3, -0.25) is 4.31 Å². The molecule has 3 rings (SSSR count). The molecule has 27 heavy (non-hydrogen) atoms. The van der Waals surface area contributed by atoms with Gasteiger partial charge in [0, 0.05) is 0 Å². The highest BCUT2D eigenvalue weighted by Crippen LogP contribution is 2.31. The fourth-order valence-electron chi connectivity index (χ4n) is 2.81. The molecule has 6 heteroatoms. The van der Waals surface area contributed by atoms with Crippen molar-refractivity contribution >= 4 is 38.9 Å². The van der Waals surface area contributed by atoms with E-state index < -0.39 is 10.0 Å². The van der Waals surface area contributed by atoms with Gasteiger partial charge < -0.3 is 0 Å². The van der Waals surface area contributed by atoms with Crippen molar-refractivity contribution < 1.29 is 8.42 Å². The van der Waals surface area contributed by atoms with Crippen LogP contribution < -0.4 is 4.31 Å². The van der Waals surface area contributed by atoms with E-state index in [0.29, 0.717) is 15.7 Å². The Labute approximate surface area is 170 Å². The smallest absolute Gasteiger partial charge is 0.262 e. The molecule has 3 aromatic rings. The van der Waals surface area contributed by atoms with Crippen LogP contribution >= 0.6 is 23.2 Å². The zero-order valence-corrected chi connectivity index (χ0v) is 17.3. The Kier molecular flexibility index (Phi) is 5.80. The Hall–Kier alpha value is -2.01. The molecule has 0 saturated heterocycles. The van der Waals surface area contributed by atoms with Crippen molar-refractivity contribution in [3.05, 3.63) is 93.5 Å². The van der Waals surface area contributed by atoms with E-state index in [4.69, 9.17) is 23.2 Å². The van der Waals surface area contributed by atoms with Gasteiger partial charge in [0.25, 0.3) is 10.0 Å². The summed E-state index contributed by atoms with van der Waals surface area (Å²) >= 11 is 12.1. The zero-order chi connectivity index (χ0) is 19.6. The number of benzene rings is 3. The van der Waals surface area contributed by atoms with Crippen molar-refractivity contribution in [1.82, 2.24) is 0 Å². The summed E-state index contributed by atoms with van der Waals surface area (Å²) in [5.74, 6) is 0. The second kappa shape index (κ2) is 7.93. The van der Waals surface area contributed by atoms with Crippen molar-refractivity contribution in [2.24, 2.45) is 0 Å². The van der Waals surface area contributed by atoms with Gasteiger partial charge in [-0.2, -0.15) is 0 Å². The van der Waals surface area contributed by atoms with Crippen LogP contribution in [0.3, 0.4) is 0 Å². The fourth-order valence-corrected chi connectivity index (χ4v) is 4.66. The van der Waals surface area contributed by atoms with Crippen LogP contribution in [0.25, 0.3) is 0 Å². The van der Waals surface area contributed by atoms with Crippen molar-refractivity contribution in [2.75, 3.05) is 4.31 Å². The number of anilines is 1. The molecule has 0 heterocycles. The van der Waals surface area contributed by atoms with Crippen LogP contribution in [-0.2, 0) is 16.6 Å². The van der Waals surface area contributed by atoms with Crippen molar-refractivity contribution in [3.8, 4) is 0 Å². The molecule has 0 aliphatic heterocycles. The predicted molar refractivity (Wildman–Crippen MR) is 112 cm³/mol. The molecule has 3 nitrogen and oxygen atoms in total. The molecule has 0 unspecified atom stereocenters. The van der Waals surface area contributed by atoms with E-state index in [9.17, 15) is 8.42 Å². The van der Waals surface area contributed by atoms with Gasteiger partial charge in [0.05, 0.1) is 27.2 Å². The second-order valence-corrected chi connectivity index (χ2v) is 9.04. The van der Waals surface area contributed by atoms with E-state index in [1.54, 1.807) is 48.5 Å². The maximum Gasteiger partial charge on any atom is 0.264 e. The maximum absolute atomic E-state index is 13.4. The maximum atomic E-state index is 13.4. The highest BCUT2D eigenvalue weighted by Gasteiger charge is 2.26. The van der Waals surface area contributed by atoms with Crippen LogP contribution in [0.5, 0.6) is 0 Å². The molecule has 0 bridgehead atoms. The largest absolute Gasteiger partial charge is 0.264 e. The van der Waals surface area contributed by atoms with Gasteiger partial charge in [-0.05, 0) is 60.9 Å². The Morgan fingerprint density at radius 3 is 2.22 bits per heavy atom. The molecule has 0 aromatic heterocycles. The molecule has 3 aromatic carbocycles. The van der Waals surface area contributed by atoms with E-state index >= 15 is 0 Å². The number of aryl methyl sites for hydroxylation is 2. The summed E-state index contributed by atoms with van der Waals surface area (Å²) in [7, 11) is -3.76. The number of rotatable bonds is 5. The second-order valence-electron chi connectivity index (χ2n) is 6.36. The molecular weight excluding hydrogens is 401 g/mol. The van der Waals surface area contributed by atoms with E-state index in [1.807, 2.05) is 32.0 Å². The average Bonchev–Trinajstić information content (AvgIpc) is 2.65. The van der Waals surface area contributed by atoms with Crippen LogP contribution in [0.4, 0.5) is 5.69 Å². The minimum atomic E-state index is -3.76. The van der Waals surface area contributed by atoms with Crippen LogP contribution in [0.1, 0.15) is 16.7 Å². The molecule has 0 radical (unpaired) electrons. The average molecular weight is 420 g/mol. The predicted octanol–water partition coefficient (Wildman–Crippen LogP) is 6.01. The van der Waals surface area contributed by atoms with Crippen molar-refractivity contribution in [3.63, 3.8) is 0 Å². The number of hydrogen-bond donors (Lipinski definition) is 0. The Bertz CT molecular complexity index is 1070. The quantitative estimate of drug-likeness (QED) is 0.507. The lowest BCUT2D eigenvalue weighted by molar-refractivity contribution is 0.590. The Balaban J connectivity index is 2.14. The molecule has 0 aliphatic carbocycles. The first-order valence-corrected chi connectivity index (χ1v) is 10.6. The normalized spacial score (nSPS) is 11.4. The molecular formula is C21H19Cl2NO2S. The van der Waals surface area contributed by atoms with Gasteiger partial charge in [-0.1, -0.05) is 59.6 Å². The number of halogens is 2. The highest BCUT2D eigenvalue weighted by molar-refractivity contribution is 7.92. The molecule has 0 fully saturated rings. The SMILES string of the molecule is Cc1ccc(C)c(N(Cc2ccc(Cl)c(Cl)c2)S(=O)(=O)c2ccccc2)c1. The first kappa shape index (κ1) is 19.7. The molecule has 0 atom stereocenters. The first-order chi connectivity index (χ1) is 12.8. The summed E-state index contributed by atoms with van der Waals surface area (Å²) < 4.78 is 28.3. The van der Waals surface area contributed by atoms with Gasteiger partial charge in [0.1, 0.15) is 0 Å². The summed E-state index contributed by atoms with van der Waals surface area (Å²) in [6.45, 7) is 3.99. The van der Waals surface area contributed by atoms with Gasteiger partial charge in [0.2, 0.25) is 0 Å². The molecule has 0 amide bonds. The minimum absolute atomic E-state index is 0.151. The number of hydrogen-bond acceptors (Lipinski definition) is 2. The fraction of sp³-hybridized carbons (Fsp3) is 0.143. The Morgan fingerprint density at radius 1 is 0.852 bits per heavy atom. The summed E-state index contributed by atoms with van der Waals surface area (Å²) in [5.41, 5.74) is 3.26. The number of sulfonamides is 1. The van der Waals surface area contributed by atoms with Gasteiger partial charge >= 0.3 is 0 Å². The van der Waals surface area contributed by atoms with Gasteiger partial charge in [0.15, 0.2) is 0 Å². The standard InChI is InChI=1S/C21H19Cl2NO2S/c1-15-8-9-16(2)21(12-15)24(14-17-10-11-19(22)20(23)13-17)27(25,26)18-6-4-3-5-7-18/h3-13H,14H2,1-2H3. The van der Waals surface area contributed by atoms with E-state index in [0.717, 1.165) is 16.7 Å². The van der Waals surface area contributed by atoms with E-state index in [-0.39, 0.29) is 11.4 Å². The van der Waals surface area contributed by atoms with Crippen LogP contribution in [0.15, 0.2) is 71.6 Å². The number of nitrogens with zero attached hydrogens (tertiary/aromatic N) is 1. The molecule has 0 N–H and O–H groups in total. The molecule has 0 aliphatic rings. The first-order valence-electron chi connectivity index (χ1n) is 8.38. The zero-order valence-electron chi connectivity index (χ0n) is 15.0. The summed E-state index contributed by atoms with van der Waals surface area (Å²) in [6.07, 6.45) is 0. The molecule has 0 spiro atoms. The lowest BCUT2D eigenvalue weighted by Gasteiger charge is -2.27. The molecule has 0 saturated carbocycles. The lowest BCUT2D eigenvalue weighted by Crippen LogP contribution is -2.31. The van der Waals surface area contributed by atoms with Crippen LogP contribution in [-0.4, -0.2) is 8.42 Å². The third-order valence-electron chi connectivity index (χ3n) is 4.27. The summed E-state index contributed by atoms with van der Waals surface area (Å²) in [4.78, 5) is 0.242. The lowest BCUT2D eigenvalue weighted by atomic mass is 10.1. The summed E-state index contributed by atoms with van der Waals surface area (Å²) in [6, 6.07) is 19.3. The van der Waals surface area contributed by atoms with Crippen LogP contribution in [0, 0.1) is 13.8 Å². The third kappa shape index (κ3) is 4.29. The highest BCUT2D eigenvalue weighted by atomic mass is 35.5. The molecule has 140 valence electrons. The third-order valence-corrected chi connectivity index (χ3v) is 6.79. The Morgan fingerprint density at radius 2 is 1.56 bits per heavy atom. The van der Waals surface area contributed by atoms with Crippen molar-refractivity contribution in [2.45, 2.75) is 25.3 Å². The van der Waals surface area contributed by atoms with Gasteiger partial charge in [-0.25, -0.2) is 8.42 Å². The van der Waals surface area contributed by atoms with E-state index in [2.05, 4.69) is 0 Å². The van der Waals surface area contributed by atoms with Crippen molar-refractivity contribution in [1.29, 1.82) is 0 Å². The van der Waals surface area contributed by atoms with Crippen LogP contribution in [0.2, 0.25) is 10.0 Å². The monoisotopic (exact) mass is 419 g/mol. The van der Waals surface area contributed by atoms with Gasteiger partial charge in [-0.15, -0.1) is 0 Å². The summed E-state index contributed by atoms with van der Waals surface area (Å²) in [5, 5.41) is 0.830. The minimum Gasteiger partial charge on any atom is -0.262 e. The van der Waals surface area contributed by atoms with E-state index in [1.165, 1.54) is 4.31 Å².